The molecule has 0 bridgehead atoms. The number of hydrogen-bond acceptors (Lipinski definition) is 15. The predicted molar refractivity (Wildman–Crippen MR) is 200 cm³/mol. The van der Waals surface area contributed by atoms with E-state index in [2.05, 4.69) is 27.7 Å². The van der Waals surface area contributed by atoms with Gasteiger partial charge >= 0.3 is 0 Å². The highest BCUT2D eigenvalue weighted by Crippen LogP contribution is 2.70. The predicted octanol–water partition coefficient (Wildman–Crippen LogP) is 0.310. The van der Waals surface area contributed by atoms with Gasteiger partial charge in [0.1, 0.15) is 36.6 Å². The van der Waals surface area contributed by atoms with Crippen LogP contribution in [0, 0.1) is 52.3 Å². The number of ether oxygens (including phenoxy) is 6. The zero-order valence-corrected chi connectivity index (χ0v) is 34.3. The van der Waals surface area contributed by atoms with Gasteiger partial charge in [0.15, 0.2) is 12.6 Å². The van der Waals surface area contributed by atoms with E-state index in [4.69, 9.17) is 28.4 Å². The molecule has 0 unspecified atom stereocenters. The average Bonchev–Trinajstić information content (AvgIpc) is 3.35. The summed E-state index contributed by atoms with van der Waals surface area (Å²) in [6.45, 7) is 10.6. The number of hydrogen-bond donors (Lipinski definition) is 9. The highest BCUT2D eigenvalue weighted by Gasteiger charge is 2.73. The molecule has 15 heteroatoms. The molecule has 2 aliphatic heterocycles. The van der Waals surface area contributed by atoms with Crippen molar-refractivity contribution in [2.24, 2.45) is 52.3 Å². The van der Waals surface area contributed by atoms with Gasteiger partial charge in [0.2, 0.25) is 0 Å². The molecule has 15 nitrogen and oxygen atoms in total. The first-order chi connectivity index (χ1) is 26.3. The van der Waals surface area contributed by atoms with Crippen molar-refractivity contribution in [1.82, 2.24) is 0 Å². The van der Waals surface area contributed by atoms with Crippen molar-refractivity contribution in [2.45, 2.75) is 171 Å². The molecule has 0 amide bonds. The molecule has 0 radical (unpaired) electrons. The van der Waals surface area contributed by atoms with Crippen molar-refractivity contribution in [2.75, 3.05) is 34.0 Å². The molecule has 9 N–H and O–H groups in total. The quantitative estimate of drug-likeness (QED) is 0.122. The minimum absolute atomic E-state index is 0.00570. The van der Waals surface area contributed by atoms with Gasteiger partial charge in [-0.3, -0.25) is 0 Å². The summed E-state index contributed by atoms with van der Waals surface area (Å²) in [5.41, 5.74) is -2.68. The molecule has 2 heterocycles. The summed E-state index contributed by atoms with van der Waals surface area (Å²) >= 11 is 0. The van der Waals surface area contributed by atoms with Crippen molar-refractivity contribution in [3.05, 3.63) is 0 Å². The summed E-state index contributed by atoms with van der Waals surface area (Å²) in [6.07, 6.45) is -9.26. The number of rotatable bonds is 13. The van der Waals surface area contributed by atoms with Crippen molar-refractivity contribution in [1.29, 1.82) is 0 Å². The van der Waals surface area contributed by atoms with E-state index >= 15 is 0 Å². The smallest absolute Gasteiger partial charge is 0.187 e. The van der Waals surface area contributed by atoms with Gasteiger partial charge < -0.3 is 74.4 Å². The number of aliphatic hydroxyl groups is 9. The van der Waals surface area contributed by atoms with E-state index in [9.17, 15) is 46.0 Å². The fourth-order valence-corrected chi connectivity index (χ4v) is 13.0. The van der Waals surface area contributed by atoms with Gasteiger partial charge in [-0.15, -0.1) is 0 Å². The Morgan fingerprint density at radius 1 is 0.679 bits per heavy atom. The molecule has 4 saturated carbocycles. The molecule has 4 aliphatic carbocycles. The third-order valence-corrected chi connectivity index (χ3v) is 15.9. The van der Waals surface area contributed by atoms with E-state index < -0.39 is 108 Å². The fraction of sp³-hybridized carbons (Fsp3) is 1.00. The van der Waals surface area contributed by atoms with Crippen LogP contribution in [0.4, 0.5) is 0 Å². The number of aliphatic hydroxyl groups excluding tert-OH is 8. The fourth-order valence-electron chi connectivity index (χ4n) is 13.0. The second-order valence-corrected chi connectivity index (χ2v) is 19.2. The maximum atomic E-state index is 12.7. The van der Waals surface area contributed by atoms with Gasteiger partial charge in [0.25, 0.3) is 0 Å². The number of fused-ring (bicyclic) bond motifs is 5. The Morgan fingerprint density at radius 2 is 1.36 bits per heavy atom. The van der Waals surface area contributed by atoms with Gasteiger partial charge in [0.05, 0.1) is 55.9 Å². The molecule has 0 aromatic heterocycles. The van der Waals surface area contributed by atoms with Crippen LogP contribution in [0.1, 0.15) is 86.0 Å². The van der Waals surface area contributed by atoms with Gasteiger partial charge in [-0.2, -0.15) is 0 Å². The minimum Gasteiger partial charge on any atom is -0.393 e. The minimum atomic E-state index is -1.45. The van der Waals surface area contributed by atoms with Crippen molar-refractivity contribution in [3.63, 3.8) is 0 Å². The van der Waals surface area contributed by atoms with Crippen LogP contribution >= 0.6 is 0 Å². The van der Waals surface area contributed by atoms with Crippen LogP contribution in [0.5, 0.6) is 0 Å². The molecule has 0 aromatic rings. The molecule has 6 rings (SSSR count). The molecular weight excluding hydrogens is 732 g/mol. The van der Waals surface area contributed by atoms with Crippen LogP contribution in [0.3, 0.4) is 0 Å². The van der Waals surface area contributed by atoms with Gasteiger partial charge in [-0.1, -0.05) is 41.0 Å². The van der Waals surface area contributed by atoms with E-state index in [1.807, 2.05) is 6.92 Å². The maximum Gasteiger partial charge on any atom is 0.187 e. The van der Waals surface area contributed by atoms with Crippen LogP contribution in [0.25, 0.3) is 0 Å². The second kappa shape index (κ2) is 17.4. The molecule has 0 aromatic carbocycles. The monoisotopic (exact) mass is 804 g/mol. The largest absolute Gasteiger partial charge is 0.393 e. The zero-order valence-electron chi connectivity index (χ0n) is 34.3. The van der Waals surface area contributed by atoms with E-state index in [0.29, 0.717) is 32.1 Å². The Morgan fingerprint density at radius 3 is 2.02 bits per heavy atom. The zero-order chi connectivity index (χ0) is 41.1. The summed E-state index contributed by atoms with van der Waals surface area (Å²) in [5.74, 6) is -1.36. The third kappa shape index (κ3) is 7.77. The molecule has 6 aliphatic rings. The topological polar surface area (TPSA) is 237 Å². The van der Waals surface area contributed by atoms with E-state index in [1.54, 1.807) is 0 Å². The van der Waals surface area contributed by atoms with E-state index in [1.165, 1.54) is 14.2 Å². The Labute approximate surface area is 331 Å². The molecule has 0 spiro atoms. The number of methoxy groups -OCH3 is 2. The summed E-state index contributed by atoms with van der Waals surface area (Å²) in [5, 5.41) is 101. The van der Waals surface area contributed by atoms with Gasteiger partial charge in [0, 0.05) is 32.5 Å². The van der Waals surface area contributed by atoms with Crippen LogP contribution in [-0.4, -0.2) is 165 Å². The lowest BCUT2D eigenvalue weighted by Crippen LogP contribution is -2.71. The van der Waals surface area contributed by atoms with Crippen LogP contribution in [0.2, 0.25) is 0 Å². The molecule has 326 valence electrons. The van der Waals surface area contributed by atoms with Crippen molar-refractivity contribution < 1.29 is 74.4 Å². The highest BCUT2D eigenvalue weighted by molar-refractivity contribution is 5.22. The summed E-state index contributed by atoms with van der Waals surface area (Å²) < 4.78 is 34.5. The Hall–Kier alpha value is -0.600. The van der Waals surface area contributed by atoms with Gasteiger partial charge in [-0.25, -0.2) is 0 Å². The third-order valence-electron chi connectivity index (χ3n) is 15.9. The SMILES string of the molecule is CO[C@H]1[C@H](O[C@H]2[C@H](OCC[C@@H](CC[C@@H](C)[C@H]3[C@@H](O)[C@@H](O)[C@@H]4[C@]3(C)CC[C@@H]3[C@@]5(C)CC[C@H](O)[C@H](O)[C@@H]5[C@@H](O)C[C@]34O)C(C)C)OC[C@@H](O)[C@@H]2O)OC[C@@H](OC)[C@@H]1O. The summed E-state index contributed by atoms with van der Waals surface area (Å²) in [4.78, 5) is 0. The summed E-state index contributed by atoms with van der Waals surface area (Å²) in [6, 6.07) is 0. The Balaban J connectivity index is 1.09. The van der Waals surface area contributed by atoms with Crippen molar-refractivity contribution in [3.8, 4) is 0 Å². The average molecular weight is 805 g/mol. The lowest BCUT2D eigenvalue weighted by molar-refractivity contribution is -0.346. The first kappa shape index (κ1) is 44.9. The molecule has 2 saturated heterocycles. The molecule has 56 heavy (non-hydrogen) atoms. The lowest BCUT2D eigenvalue weighted by Gasteiger charge is -2.66. The van der Waals surface area contributed by atoms with Gasteiger partial charge in [-0.05, 0) is 78.9 Å². The first-order valence-electron chi connectivity index (χ1n) is 21.1. The highest BCUT2D eigenvalue weighted by atomic mass is 16.8. The van der Waals surface area contributed by atoms with Crippen molar-refractivity contribution >= 4 is 0 Å². The Kier molecular flexibility index (Phi) is 14.0. The van der Waals surface area contributed by atoms with Crippen LogP contribution < -0.4 is 0 Å². The Bertz CT molecular complexity index is 1290. The van der Waals surface area contributed by atoms with Crippen LogP contribution in [-0.2, 0) is 28.4 Å². The van der Waals surface area contributed by atoms with Crippen LogP contribution in [0.15, 0.2) is 0 Å². The first-order valence-corrected chi connectivity index (χ1v) is 21.1. The van der Waals surface area contributed by atoms with E-state index in [-0.39, 0.29) is 55.8 Å². The normalized spacial score (nSPS) is 51.9. The second-order valence-electron chi connectivity index (χ2n) is 19.2. The lowest BCUT2D eigenvalue weighted by atomic mass is 9.41. The molecular formula is C41H72O15. The summed E-state index contributed by atoms with van der Waals surface area (Å²) in [7, 11) is 2.86. The molecule has 22 atom stereocenters. The molecule has 6 fully saturated rings. The maximum absolute atomic E-state index is 12.7. The van der Waals surface area contributed by atoms with E-state index in [0.717, 1.165) is 12.8 Å². The standard InChI is InChI=1S/C41H72O15/c1-19(2)21(12-15-53-37-35(30(46)24(44)17-54-37)56-38-34(52-7)31(47)25(51-6)18-55-38)9-8-20(3)27-32(48)33(49)36-40(27,5)14-11-26-39(4)13-10-22(42)29(45)28(39)23(43)16-41(26,36)50/h19-38,42-50H,8-18H2,1-7H3/t20-,21-,22+,23+,24-,25-,26-,27+,28+,29+,30+,31+,32-,33-,34-,35-,36-,37-,38+,39-,40-,41+/m1/s1.